The molecule has 0 radical (unpaired) electrons. The minimum Gasteiger partial charge on any atom is -0.493 e. The summed E-state index contributed by atoms with van der Waals surface area (Å²) >= 11 is 0. The second-order valence-corrected chi connectivity index (χ2v) is 13.4. The molecule has 10 heteroatoms. The maximum atomic E-state index is 12.9. The Morgan fingerprint density at radius 1 is 0.644 bits per heavy atom. The molecule has 0 saturated heterocycles. The van der Waals surface area contributed by atoms with Gasteiger partial charge in [0.1, 0.15) is 22.5 Å². The number of hydrogen-bond donors (Lipinski definition) is 2. The van der Waals surface area contributed by atoms with Crippen molar-refractivity contribution in [3.05, 3.63) is 41.5 Å². The third kappa shape index (κ3) is 15.2. The maximum Gasteiger partial charge on any atom is 0.363 e. The standard InChI is InChI=1S/C35H53NO9/c1-34(2,3)43-31(39)19-17-15-13-11-9-7-8-10-12-14-16-18-24-42-28-21-20-26(25-27(28)33(41)44-35(4,5)6)32(40)45-36-29(37)22-23-30(36)38/h20-23,25,37-38H,7-19,24H2,1-6H3. The van der Waals surface area contributed by atoms with Gasteiger partial charge in [0.15, 0.2) is 0 Å². The highest BCUT2D eigenvalue weighted by molar-refractivity contribution is 5.97. The fraction of sp³-hybridized carbons (Fsp3) is 0.629. The Balaban J connectivity index is 1.67. The van der Waals surface area contributed by atoms with Crippen molar-refractivity contribution in [1.82, 2.24) is 4.73 Å². The number of nitrogens with zero attached hydrogens (tertiary/aromatic N) is 1. The lowest BCUT2D eigenvalue weighted by Crippen LogP contribution is -2.25. The van der Waals surface area contributed by atoms with Crippen LogP contribution in [0.5, 0.6) is 17.5 Å². The second kappa shape index (κ2) is 18.3. The summed E-state index contributed by atoms with van der Waals surface area (Å²) in [5.74, 6) is -2.23. The maximum absolute atomic E-state index is 12.9. The van der Waals surface area contributed by atoms with Gasteiger partial charge in [0.2, 0.25) is 11.8 Å². The van der Waals surface area contributed by atoms with Gasteiger partial charge in [-0.1, -0.05) is 64.2 Å². The van der Waals surface area contributed by atoms with Crippen LogP contribution < -0.4 is 9.57 Å². The molecule has 0 amide bonds. The number of carbonyl (C=O) groups excluding carboxylic acids is 3. The minimum absolute atomic E-state index is 0.0221. The van der Waals surface area contributed by atoms with E-state index in [-0.39, 0.29) is 17.1 Å². The van der Waals surface area contributed by atoms with Gasteiger partial charge >= 0.3 is 17.9 Å². The Bertz CT molecular complexity index is 1200. The Morgan fingerprint density at radius 3 is 1.64 bits per heavy atom. The number of ether oxygens (including phenoxy) is 3. The zero-order chi connectivity index (χ0) is 33.5. The normalized spacial score (nSPS) is 11.7. The summed E-state index contributed by atoms with van der Waals surface area (Å²) in [5.41, 5.74) is -1.05. The fourth-order valence-electron chi connectivity index (χ4n) is 4.62. The van der Waals surface area contributed by atoms with Crippen LogP contribution in [0.15, 0.2) is 30.3 Å². The van der Waals surface area contributed by atoms with Crippen LogP contribution in [0.25, 0.3) is 0 Å². The van der Waals surface area contributed by atoms with Crippen molar-refractivity contribution in [3.8, 4) is 17.5 Å². The molecule has 10 nitrogen and oxygen atoms in total. The highest BCUT2D eigenvalue weighted by atomic mass is 16.7. The van der Waals surface area contributed by atoms with Gasteiger partial charge in [-0.3, -0.25) is 4.79 Å². The first-order chi connectivity index (χ1) is 21.2. The van der Waals surface area contributed by atoms with Gasteiger partial charge in [0.25, 0.3) is 0 Å². The summed E-state index contributed by atoms with van der Waals surface area (Å²) < 4.78 is 17.4. The smallest absolute Gasteiger partial charge is 0.363 e. The number of benzene rings is 1. The summed E-state index contributed by atoms with van der Waals surface area (Å²) in [7, 11) is 0. The van der Waals surface area contributed by atoms with Gasteiger partial charge < -0.3 is 29.3 Å². The summed E-state index contributed by atoms with van der Waals surface area (Å²) in [5, 5.41) is 19.5. The molecule has 0 spiro atoms. The first kappa shape index (κ1) is 37.5. The third-order valence-corrected chi connectivity index (χ3v) is 6.76. The van der Waals surface area contributed by atoms with E-state index in [1.165, 1.54) is 68.9 Å². The predicted octanol–water partition coefficient (Wildman–Crippen LogP) is 7.92. The molecule has 0 aliphatic carbocycles. The second-order valence-electron chi connectivity index (χ2n) is 13.4. The van der Waals surface area contributed by atoms with E-state index in [0.717, 1.165) is 38.5 Å². The van der Waals surface area contributed by atoms with E-state index in [4.69, 9.17) is 19.0 Å². The van der Waals surface area contributed by atoms with Crippen LogP contribution in [0.4, 0.5) is 0 Å². The highest BCUT2D eigenvalue weighted by Crippen LogP contribution is 2.25. The van der Waals surface area contributed by atoms with Crippen LogP contribution in [-0.2, 0) is 14.3 Å². The number of unbranched alkanes of at least 4 members (excludes halogenated alkanes) is 11. The van der Waals surface area contributed by atoms with E-state index in [2.05, 4.69) is 0 Å². The number of carbonyl (C=O) groups is 3. The van der Waals surface area contributed by atoms with E-state index in [9.17, 15) is 24.6 Å². The largest absolute Gasteiger partial charge is 0.493 e. The zero-order valence-corrected chi connectivity index (χ0v) is 28.0. The summed E-state index contributed by atoms with van der Waals surface area (Å²) in [4.78, 5) is 42.4. The van der Waals surface area contributed by atoms with E-state index in [1.807, 2.05) is 20.8 Å². The molecule has 2 rings (SSSR count). The van der Waals surface area contributed by atoms with Crippen LogP contribution in [-0.4, -0.2) is 50.7 Å². The van der Waals surface area contributed by atoms with Crippen molar-refractivity contribution in [3.63, 3.8) is 0 Å². The molecular formula is C35H53NO9. The van der Waals surface area contributed by atoms with Crippen LogP contribution in [0, 0.1) is 0 Å². The number of rotatable bonds is 19. The molecule has 0 fully saturated rings. The molecule has 45 heavy (non-hydrogen) atoms. The monoisotopic (exact) mass is 631 g/mol. The quantitative estimate of drug-likeness (QED) is 0.117. The number of hydrogen-bond acceptors (Lipinski definition) is 9. The zero-order valence-electron chi connectivity index (χ0n) is 28.0. The molecule has 0 saturated carbocycles. The van der Waals surface area contributed by atoms with Gasteiger partial charge in [0, 0.05) is 18.6 Å². The third-order valence-electron chi connectivity index (χ3n) is 6.76. The van der Waals surface area contributed by atoms with Crippen molar-refractivity contribution in [2.75, 3.05) is 6.61 Å². The number of aromatic hydroxyl groups is 2. The van der Waals surface area contributed by atoms with Crippen molar-refractivity contribution < 1.29 is 43.6 Å². The van der Waals surface area contributed by atoms with Crippen LogP contribution >= 0.6 is 0 Å². The van der Waals surface area contributed by atoms with Crippen LogP contribution in [0.3, 0.4) is 0 Å². The molecule has 1 heterocycles. The summed E-state index contributed by atoms with van der Waals surface area (Å²) in [6.07, 6.45) is 13.9. The fourth-order valence-corrected chi connectivity index (χ4v) is 4.62. The highest BCUT2D eigenvalue weighted by Gasteiger charge is 2.24. The molecular weight excluding hydrogens is 578 g/mol. The molecule has 0 atom stereocenters. The minimum atomic E-state index is -0.886. The SMILES string of the molecule is CC(C)(C)OC(=O)CCCCCCCCCCCCCCOc1ccc(C(=O)On2c(O)ccc2O)cc1C(=O)OC(C)(C)C. The van der Waals surface area contributed by atoms with Gasteiger partial charge in [-0.15, -0.1) is 4.73 Å². The Labute approximate surface area is 268 Å². The average molecular weight is 632 g/mol. The molecule has 2 aromatic rings. The molecule has 1 aromatic heterocycles. The molecule has 0 unspecified atom stereocenters. The number of esters is 2. The van der Waals surface area contributed by atoms with Crippen molar-refractivity contribution in [1.29, 1.82) is 0 Å². The first-order valence-corrected chi connectivity index (χ1v) is 16.2. The van der Waals surface area contributed by atoms with Gasteiger partial charge in [0.05, 0.1) is 12.2 Å². The van der Waals surface area contributed by atoms with Crippen molar-refractivity contribution in [2.24, 2.45) is 0 Å². The van der Waals surface area contributed by atoms with E-state index >= 15 is 0 Å². The first-order valence-electron chi connectivity index (χ1n) is 16.2. The average Bonchev–Trinajstić information content (AvgIpc) is 3.25. The van der Waals surface area contributed by atoms with Crippen LogP contribution in [0.1, 0.15) is 146 Å². The lowest BCUT2D eigenvalue weighted by Gasteiger charge is -2.21. The van der Waals surface area contributed by atoms with E-state index in [1.54, 1.807) is 20.8 Å². The lowest BCUT2D eigenvalue weighted by atomic mass is 10.0. The molecule has 0 aliphatic rings. The van der Waals surface area contributed by atoms with Crippen LogP contribution in [0.2, 0.25) is 0 Å². The topological polar surface area (TPSA) is 134 Å². The van der Waals surface area contributed by atoms with Gasteiger partial charge in [-0.05, 0) is 72.6 Å². The van der Waals surface area contributed by atoms with E-state index in [0.29, 0.717) is 23.5 Å². The van der Waals surface area contributed by atoms with Gasteiger partial charge in [-0.25, -0.2) is 9.59 Å². The van der Waals surface area contributed by atoms with Gasteiger partial charge in [-0.2, -0.15) is 0 Å². The molecule has 0 bridgehead atoms. The summed E-state index contributed by atoms with van der Waals surface area (Å²) in [6, 6.07) is 6.65. The molecule has 1 aromatic carbocycles. The van der Waals surface area contributed by atoms with Crippen molar-refractivity contribution in [2.45, 2.75) is 136 Å². The van der Waals surface area contributed by atoms with E-state index < -0.39 is 34.9 Å². The Morgan fingerprint density at radius 2 is 1.13 bits per heavy atom. The summed E-state index contributed by atoms with van der Waals surface area (Å²) in [6.45, 7) is 11.3. The molecule has 2 N–H and O–H groups in total. The predicted molar refractivity (Wildman–Crippen MR) is 172 cm³/mol. The number of aromatic nitrogens is 1. The molecule has 252 valence electrons. The van der Waals surface area contributed by atoms with Crippen molar-refractivity contribution >= 4 is 17.9 Å². The lowest BCUT2D eigenvalue weighted by molar-refractivity contribution is -0.154. The molecule has 0 aliphatic heterocycles. The Kier molecular flexibility index (Phi) is 15.3. The Hall–Kier alpha value is -3.69.